The van der Waals surface area contributed by atoms with Crippen LogP contribution < -0.4 is 0 Å². The number of hydrogen-bond donors (Lipinski definition) is 0. The largest absolute Gasteiger partial charge is 0.416 e. The number of benzene rings is 6. The Morgan fingerprint density at radius 2 is 0.787 bits per heavy atom. The van der Waals surface area contributed by atoms with Gasteiger partial charge in [0.1, 0.15) is 0 Å². The summed E-state index contributed by atoms with van der Waals surface area (Å²) in [5, 5.41) is 14.2. The maximum absolute atomic E-state index is 6.21. The summed E-state index contributed by atoms with van der Waals surface area (Å²) >= 11 is 3.73. The van der Waals surface area contributed by atoms with Crippen molar-refractivity contribution in [3.05, 3.63) is 131 Å². The molecule has 0 unspecified atom stereocenters. The lowest BCUT2D eigenvalue weighted by atomic mass is 9.98. The molecule has 3 heterocycles. The molecule has 47 heavy (non-hydrogen) atoms. The highest BCUT2D eigenvalue weighted by atomic mass is 32.1. The number of hydrogen-bond acceptors (Lipinski definition) is 5. The Morgan fingerprint density at radius 3 is 1.21 bits per heavy atom. The molecule has 0 aliphatic rings. The standard InChI is InChI=1S/C42H30N2OS2/c1-23-5-15-37-33(17-23)35-21-25(3)19-31(39(35)46-37)27-7-11-29(12-8-27)41-43-44-42(45-41)30-13-9-28(10-14-30)32-20-26(4)22-36-34-18-24(2)6-16-38(34)47-40(32)36/h5-22H,1-4H3. The topological polar surface area (TPSA) is 38.9 Å². The summed E-state index contributed by atoms with van der Waals surface area (Å²) in [6.45, 7) is 8.67. The zero-order valence-electron chi connectivity index (χ0n) is 26.5. The lowest BCUT2D eigenvalue weighted by Gasteiger charge is -2.07. The van der Waals surface area contributed by atoms with Crippen LogP contribution in [0, 0.1) is 27.7 Å². The molecule has 0 bridgehead atoms. The molecule has 226 valence electrons. The van der Waals surface area contributed by atoms with Crippen LogP contribution in [0.1, 0.15) is 22.3 Å². The second kappa shape index (κ2) is 10.7. The normalized spacial score (nSPS) is 11.8. The smallest absolute Gasteiger partial charge is 0.248 e. The number of aromatic nitrogens is 2. The molecular formula is C42H30N2OS2. The minimum atomic E-state index is 0.517. The van der Waals surface area contributed by atoms with E-state index in [1.165, 1.54) is 84.9 Å². The van der Waals surface area contributed by atoms with E-state index in [-0.39, 0.29) is 0 Å². The summed E-state index contributed by atoms with van der Waals surface area (Å²) in [6, 6.07) is 39.6. The van der Waals surface area contributed by atoms with Gasteiger partial charge >= 0.3 is 0 Å². The molecule has 0 radical (unpaired) electrons. The minimum absolute atomic E-state index is 0.517. The van der Waals surface area contributed by atoms with Gasteiger partial charge in [-0.2, -0.15) is 0 Å². The van der Waals surface area contributed by atoms with Crippen LogP contribution in [0.2, 0.25) is 0 Å². The molecular weight excluding hydrogens is 613 g/mol. The van der Waals surface area contributed by atoms with Gasteiger partial charge in [-0.3, -0.25) is 0 Å². The van der Waals surface area contributed by atoms with Crippen molar-refractivity contribution in [1.82, 2.24) is 10.2 Å². The molecule has 0 N–H and O–H groups in total. The van der Waals surface area contributed by atoms with E-state index in [2.05, 4.69) is 147 Å². The summed E-state index contributed by atoms with van der Waals surface area (Å²) in [6.07, 6.45) is 0. The van der Waals surface area contributed by atoms with Gasteiger partial charge in [-0.25, -0.2) is 0 Å². The Kier molecular flexibility index (Phi) is 6.43. The van der Waals surface area contributed by atoms with Gasteiger partial charge in [0.25, 0.3) is 0 Å². The Balaban J connectivity index is 1.02. The lowest BCUT2D eigenvalue weighted by Crippen LogP contribution is -1.83. The molecule has 3 aromatic heterocycles. The summed E-state index contributed by atoms with van der Waals surface area (Å²) in [4.78, 5) is 0. The Morgan fingerprint density at radius 1 is 0.404 bits per heavy atom. The molecule has 6 aromatic carbocycles. The Bertz CT molecular complexity index is 2470. The summed E-state index contributed by atoms with van der Waals surface area (Å²) in [5.41, 5.74) is 11.8. The van der Waals surface area contributed by atoms with Crippen molar-refractivity contribution in [2.24, 2.45) is 0 Å². The van der Waals surface area contributed by atoms with Crippen LogP contribution in [0.5, 0.6) is 0 Å². The molecule has 0 fully saturated rings. The summed E-state index contributed by atoms with van der Waals surface area (Å²) in [5.74, 6) is 1.03. The van der Waals surface area contributed by atoms with Gasteiger partial charge < -0.3 is 4.42 Å². The van der Waals surface area contributed by atoms with E-state index in [1.54, 1.807) is 0 Å². The first-order chi connectivity index (χ1) is 22.9. The molecule has 5 heteroatoms. The molecule has 0 saturated heterocycles. The van der Waals surface area contributed by atoms with Crippen molar-refractivity contribution >= 4 is 63.0 Å². The first-order valence-electron chi connectivity index (χ1n) is 15.8. The highest BCUT2D eigenvalue weighted by molar-refractivity contribution is 7.26. The van der Waals surface area contributed by atoms with Crippen LogP contribution >= 0.6 is 22.7 Å². The summed E-state index contributed by atoms with van der Waals surface area (Å²) in [7, 11) is 0. The monoisotopic (exact) mass is 642 g/mol. The fraction of sp³-hybridized carbons (Fsp3) is 0.0952. The number of thiophene rings is 2. The fourth-order valence-electron chi connectivity index (χ4n) is 6.74. The maximum Gasteiger partial charge on any atom is 0.248 e. The van der Waals surface area contributed by atoms with Crippen molar-refractivity contribution in [1.29, 1.82) is 0 Å². The van der Waals surface area contributed by atoms with E-state index in [0.717, 1.165) is 11.1 Å². The second-order valence-electron chi connectivity index (χ2n) is 12.6. The van der Waals surface area contributed by atoms with Crippen LogP contribution in [0.15, 0.2) is 114 Å². The van der Waals surface area contributed by atoms with Crippen molar-refractivity contribution in [2.45, 2.75) is 27.7 Å². The highest BCUT2D eigenvalue weighted by Gasteiger charge is 2.16. The van der Waals surface area contributed by atoms with E-state index >= 15 is 0 Å². The molecule has 9 rings (SSSR count). The number of aryl methyl sites for hydroxylation is 4. The summed E-state index contributed by atoms with van der Waals surface area (Å²) < 4.78 is 11.5. The molecule has 0 atom stereocenters. The van der Waals surface area contributed by atoms with Crippen LogP contribution in [-0.4, -0.2) is 10.2 Å². The van der Waals surface area contributed by atoms with E-state index < -0.39 is 0 Å². The zero-order chi connectivity index (χ0) is 31.8. The number of fused-ring (bicyclic) bond motifs is 6. The van der Waals surface area contributed by atoms with E-state index in [4.69, 9.17) is 4.42 Å². The van der Waals surface area contributed by atoms with E-state index in [9.17, 15) is 0 Å². The Hall–Kier alpha value is -5.10. The quantitative estimate of drug-likeness (QED) is 0.192. The van der Waals surface area contributed by atoms with Gasteiger partial charge in [0, 0.05) is 51.5 Å². The maximum atomic E-state index is 6.21. The van der Waals surface area contributed by atoms with Gasteiger partial charge in [-0.1, -0.05) is 47.5 Å². The molecule has 9 aromatic rings. The van der Waals surface area contributed by atoms with Crippen LogP contribution in [0.4, 0.5) is 0 Å². The van der Waals surface area contributed by atoms with Gasteiger partial charge in [-0.15, -0.1) is 32.9 Å². The molecule has 3 nitrogen and oxygen atoms in total. The average molecular weight is 643 g/mol. The number of nitrogens with zero attached hydrogens (tertiary/aromatic N) is 2. The van der Waals surface area contributed by atoms with Gasteiger partial charge in [0.15, 0.2) is 0 Å². The average Bonchev–Trinajstić information content (AvgIpc) is 3.80. The van der Waals surface area contributed by atoms with Gasteiger partial charge in [-0.05, 0) is 134 Å². The van der Waals surface area contributed by atoms with Crippen LogP contribution in [0.25, 0.3) is 85.5 Å². The van der Waals surface area contributed by atoms with Gasteiger partial charge in [0.05, 0.1) is 0 Å². The Labute approximate surface area is 280 Å². The lowest BCUT2D eigenvalue weighted by molar-refractivity contribution is 0.584. The van der Waals surface area contributed by atoms with Crippen molar-refractivity contribution in [2.75, 3.05) is 0 Å². The molecule has 0 aliphatic heterocycles. The van der Waals surface area contributed by atoms with Crippen LogP contribution in [-0.2, 0) is 0 Å². The fourth-order valence-corrected chi connectivity index (χ4v) is 9.14. The minimum Gasteiger partial charge on any atom is -0.416 e. The third kappa shape index (κ3) is 4.77. The first kappa shape index (κ1) is 28.1. The SMILES string of the molecule is Cc1ccc2sc3c(-c4ccc(-c5nnc(-c6ccc(-c7cc(C)cc8c7sc7ccc(C)cc78)cc6)o5)cc4)cc(C)cc3c2c1. The van der Waals surface area contributed by atoms with Gasteiger partial charge in [0.2, 0.25) is 11.8 Å². The van der Waals surface area contributed by atoms with E-state index in [1.807, 2.05) is 22.7 Å². The predicted molar refractivity (Wildman–Crippen MR) is 201 cm³/mol. The predicted octanol–water partition coefficient (Wildman–Crippen LogP) is 12.7. The molecule has 0 spiro atoms. The molecule has 0 saturated carbocycles. The molecule has 0 amide bonds. The van der Waals surface area contributed by atoms with Crippen molar-refractivity contribution in [3.63, 3.8) is 0 Å². The number of rotatable bonds is 4. The highest BCUT2D eigenvalue weighted by Crippen LogP contribution is 2.43. The van der Waals surface area contributed by atoms with Crippen molar-refractivity contribution in [3.8, 4) is 45.2 Å². The second-order valence-corrected chi connectivity index (χ2v) is 14.8. The third-order valence-corrected chi connectivity index (χ3v) is 11.5. The first-order valence-corrected chi connectivity index (χ1v) is 17.4. The molecule has 0 aliphatic carbocycles. The third-order valence-electron chi connectivity index (χ3n) is 9.05. The zero-order valence-corrected chi connectivity index (χ0v) is 28.1. The van der Waals surface area contributed by atoms with Crippen molar-refractivity contribution < 1.29 is 4.42 Å². The van der Waals surface area contributed by atoms with Crippen LogP contribution in [0.3, 0.4) is 0 Å². The van der Waals surface area contributed by atoms with E-state index in [0.29, 0.717) is 11.8 Å².